The molecule has 0 heterocycles. The van der Waals surface area contributed by atoms with Gasteiger partial charge >= 0.3 is 0 Å². The molecule has 0 unspecified atom stereocenters. The Kier molecular flexibility index (Phi) is 4.16. The molecule has 1 nitrogen and oxygen atoms in total. The Morgan fingerprint density at radius 3 is 2.18 bits per heavy atom. The van der Waals surface area contributed by atoms with Crippen LogP contribution in [0.15, 0.2) is 42.5 Å². The summed E-state index contributed by atoms with van der Waals surface area (Å²) in [6.07, 6.45) is 0. The summed E-state index contributed by atoms with van der Waals surface area (Å²) in [7, 11) is 0. The number of hydrogen-bond donors (Lipinski definition) is 1. The van der Waals surface area contributed by atoms with Gasteiger partial charge in [0, 0.05) is 27.3 Å². The lowest BCUT2D eigenvalue weighted by molar-refractivity contribution is 1.15. The molecule has 88 valence electrons. The van der Waals surface area contributed by atoms with Crippen LogP contribution >= 0.6 is 34.8 Å². The number of halogens is 3. The third-order valence-corrected chi connectivity index (χ3v) is 2.92. The third-order valence-electron chi connectivity index (χ3n) is 2.24. The molecule has 0 fully saturated rings. The van der Waals surface area contributed by atoms with Gasteiger partial charge in [-0.25, -0.2) is 0 Å². The molecule has 2 aromatic carbocycles. The van der Waals surface area contributed by atoms with Crippen LogP contribution in [0.1, 0.15) is 5.56 Å². The van der Waals surface area contributed by atoms with Crippen LogP contribution in [-0.4, -0.2) is 0 Å². The number of rotatable bonds is 3. The fraction of sp³-hybridized carbons (Fsp3) is 0.0769. The van der Waals surface area contributed by atoms with Gasteiger partial charge in [-0.3, -0.25) is 0 Å². The highest BCUT2D eigenvalue weighted by molar-refractivity contribution is 6.34. The molecule has 0 spiro atoms. The summed E-state index contributed by atoms with van der Waals surface area (Å²) in [5, 5.41) is 5.24. The Labute approximate surface area is 115 Å². The molecular weight excluding hydrogens is 277 g/mol. The Morgan fingerprint density at radius 1 is 0.824 bits per heavy atom. The van der Waals surface area contributed by atoms with E-state index >= 15 is 0 Å². The number of anilines is 1. The Morgan fingerprint density at radius 2 is 1.53 bits per heavy atom. The first-order valence-corrected chi connectivity index (χ1v) is 6.21. The van der Waals surface area contributed by atoms with Crippen molar-refractivity contribution >= 4 is 40.5 Å². The molecule has 0 saturated heterocycles. The van der Waals surface area contributed by atoms with Crippen LogP contribution < -0.4 is 5.32 Å². The zero-order valence-corrected chi connectivity index (χ0v) is 11.2. The highest BCUT2D eigenvalue weighted by atomic mass is 35.5. The molecule has 0 bridgehead atoms. The van der Waals surface area contributed by atoms with E-state index < -0.39 is 0 Å². The zero-order chi connectivity index (χ0) is 12.3. The van der Waals surface area contributed by atoms with E-state index in [-0.39, 0.29) is 0 Å². The highest BCUT2D eigenvalue weighted by Crippen LogP contribution is 2.20. The molecule has 0 aliphatic heterocycles. The van der Waals surface area contributed by atoms with E-state index in [4.69, 9.17) is 34.8 Å². The van der Waals surface area contributed by atoms with Gasteiger partial charge in [0.05, 0.1) is 0 Å². The van der Waals surface area contributed by atoms with E-state index in [1.54, 1.807) is 6.07 Å². The van der Waals surface area contributed by atoms with Gasteiger partial charge in [-0.2, -0.15) is 0 Å². The largest absolute Gasteiger partial charge is 0.381 e. The Bertz CT molecular complexity index is 506. The molecule has 0 saturated carbocycles. The predicted molar refractivity (Wildman–Crippen MR) is 75.2 cm³/mol. The summed E-state index contributed by atoms with van der Waals surface area (Å²) in [5.74, 6) is 0. The van der Waals surface area contributed by atoms with Crippen LogP contribution in [0.4, 0.5) is 5.69 Å². The number of nitrogens with one attached hydrogen (secondary N) is 1. The first-order valence-electron chi connectivity index (χ1n) is 5.08. The van der Waals surface area contributed by atoms with Gasteiger partial charge in [-0.05, 0) is 42.0 Å². The normalized spacial score (nSPS) is 10.3. The summed E-state index contributed by atoms with van der Waals surface area (Å²) >= 11 is 17.7. The Hall–Kier alpha value is -0.890. The van der Waals surface area contributed by atoms with Crippen molar-refractivity contribution in [3.8, 4) is 0 Å². The molecule has 0 amide bonds. The van der Waals surface area contributed by atoms with Crippen LogP contribution in [0.5, 0.6) is 0 Å². The average molecular weight is 287 g/mol. The van der Waals surface area contributed by atoms with Crippen LogP contribution in [0, 0.1) is 0 Å². The van der Waals surface area contributed by atoms with Crippen molar-refractivity contribution in [3.63, 3.8) is 0 Å². The molecule has 0 atom stereocenters. The second-order valence-electron chi connectivity index (χ2n) is 3.64. The van der Waals surface area contributed by atoms with Crippen molar-refractivity contribution in [2.75, 3.05) is 5.32 Å². The zero-order valence-electron chi connectivity index (χ0n) is 8.88. The van der Waals surface area contributed by atoms with E-state index in [0.717, 1.165) is 11.3 Å². The van der Waals surface area contributed by atoms with Crippen molar-refractivity contribution < 1.29 is 0 Å². The molecule has 0 aromatic heterocycles. The molecule has 0 aliphatic rings. The number of benzene rings is 2. The lowest BCUT2D eigenvalue weighted by atomic mass is 10.2. The van der Waals surface area contributed by atoms with Crippen molar-refractivity contribution in [2.45, 2.75) is 6.54 Å². The van der Waals surface area contributed by atoms with E-state index in [1.165, 1.54) is 0 Å². The lowest BCUT2D eigenvalue weighted by Crippen LogP contribution is -1.99. The minimum atomic E-state index is 0.639. The van der Waals surface area contributed by atoms with Gasteiger partial charge in [0.1, 0.15) is 0 Å². The summed E-state index contributed by atoms with van der Waals surface area (Å²) in [6.45, 7) is 0.653. The van der Waals surface area contributed by atoms with Crippen LogP contribution in [0.2, 0.25) is 15.1 Å². The predicted octanol–water partition coefficient (Wildman–Crippen LogP) is 5.26. The van der Waals surface area contributed by atoms with E-state index in [9.17, 15) is 0 Å². The average Bonchev–Trinajstić information content (AvgIpc) is 2.25. The molecule has 0 aliphatic carbocycles. The maximum absolute atomic E-state index is 5.92. The van der Waals surface area contributed by atoms with E-state index in [1.807, 2.05) is 36.4 Å². The molecule has 1 N–H and O–H groups in total. The number of hydrogen-bond acceptors (Lipinski definition) is 1. The van der Waals surface area contributed by atoms with Gasteiger partial charge in [-0.15, -0.1) is 0 Å². The van der Waals surface area contributed by atoms with Crippen LogP contribution in [-0.2, 0) is 6.54 Å². The summed E-state index contributed by atoms with van der Waals surface area (Å²) < 4.78 is 0. The maximum Gasteiger partial charge on any atom is 0.0426 e. The van der Waals surface area contributed by atoms with Gasteiger partial charge in [0.2, 0.25) is 0 Å². The lowest BCUT2D eigenvalue weighted by Gasteiger charge is -2.07. The van der Waals surface area contributed by atoms with Crippen LogP contribution in [0.3, 0.4) is 0 Å². The van der Waals surface area contributed by atoms with Crippen molar-refractivity contribution in [1.82, 2.24) is 0 Å². The van der Waals surface area contributed by atoms with Gasteiger partial charge in [-0.1, -0.05) is 40.9 Å². The smallest absolute Gasteiger partial charge is 0.0426 e. The van der Waals surface area contributed by atoms with E-state index in [2.05, 4.69) is 5.32 Å². The van der Waals surface area contributed by atoms with Crippen LogP contribution in [0.25, 0.3) is 0 Å². The molecule has 4 heteroatoms. The third kappa shape index (κ3) is 3.81. The summed E-state index contributed by atoms with van der Waals surface area (Å²) in [5.41, 5.74) is 2.00. The first kappa shape index (κ1) is 12.6. The topological polar surface area (TPSA) is 12.0 Å². The van der Waals surface area contributed by atoms with E-state index in [0.29, 0.717) is 21.6 Å². The molecule has 2 aromatic rings. The van der Waals surface area contributed by atoms with Gasteiger partial charge in [0.15, 0.2) is 0 Å². The summed E-state index contributed by atoms with van der Waals surface area (Å²) in [6, 6.07) is 13.0. The maximum atomic E-state index is 5.92. The first-order chi connectivity index (χ1) is 8.13. The second kappa shape index (κ2) is 5.63. The Balaban J connectivity index is 2.07. The van der Waals surface area contributed by atoms with Gasteiger partial charge < -0.3 is 5.32 Å². The molecule has 17 heavy (non-hydrogen) atoms. The monoisotopic (exact) mass is 285 g/mol. The molecule has 2 rings (SSSR count). The minimum absolute atomic E-state index is 0.639. The summed E-state index contributed by atoms with van der Waals surface area (Å²) in [4.78, 5) is 0. The van der Waals surface area contributed by atoms with Gasteiger partial charge in [0.25, 0.3) is 0 Å². The van der Waals surface area contributed by atoms with Crippen molar-refractivity contribution in [1.29, 1.82) is 0 Å². The second-order valence-corrected chi connectivity index (χ2v) is 4.95. The van der Waals surface area contributed by atoms with Crippen molar-refractivity contribution in [3.05, 3.63) is 63.1 Å². The quantitative estimate of drug-likeness (QED) is 0.811. The van der Waals surface area contributed by atoms with Crippen molar-refractivity contribution in [2.24, 2.45) is 0 Å². The standard InChI is InChI=1S/C13H10Cl3N/c14-10-2-1-3-13(7-10)17-8-9-4-11(15)6-12(16)5-9/h1-7,17H,8H2. The molecule has 0 radical (unpaired) electrons. The fourth-order valence-corrected chi connectivity index (χ4v) is 2.28. The fourth-order valence-electron chi connectivity index (χ4n) is 1.52. The SMILES string of the molecule is Clc1cc(Cl)cc(CNc2cccc(Cl)c2)c1. The highest BCUT2D eigenvalue weighted by Gasteiger charge is 1.99. The molecular formula is C13H10Cl3N. The minimum Gasteiger partial charge on any atom is -0.381 e.